The third kappa shape index (κ3) is 1.54. The second-order valence-corrected chi connectivity index (χ2v) is 6.04. The van der Waals surface area contributed by atoms with E-state index in [1.165, 1.54) is 48.2 Å². The van der Waals surface area contributed by atoms with Crippen molar-refractivity contribution >= 4 is 5.96 Å². The minimum Gasteiger partial charge on any atom is -0.338 e. The van der Waals surface area contributed by atoms with E-state index in [9.17, 15) is 0 Å². The van der Waals surface area contributed by atoms with Gasteiger partial charge in [0.1, 0.15) is 52.4 Å². The van der Waals surface area contributed by atoms with E-state index in [2.05, 4.69) is 17.4 Å². The fourth-order valence-corrected chi connectivity index (χ4v) is 3.54. The molecule has 0 amide bonds. The van der Waals surface area contributed by atoms with Gasteiger partial charge in [-0.05, 0) is 0 Å². The average molecular weight is 226 g/mol. The standard InChI is InChI=1S/C11H23N5/c1-15-2-5-16(6-3-15,7-4-15)10-8-13-11(12)14-9-10/h10H,2-9H2,1H3,(H3,12,13,14)/q+2/p+1. The van der Waals surface area contributed by atoms with Crippen molar-refractivity contribution in [1.82, 2.24) is 0 Å². The quantitative estimate of drug-likeness (QED) is 0.479. The number of quaternary nitrogens is 3. The molecule has 0 aromatic carbocycles. The third-order valence-electron chi connectivity index (χ3n) is 5.11. The fraction of sp³-hybridized carbons (Fsp3) is 0.909. The SMILES string of the molecule is C[N+]12CC[N+](C3CN=C(N)[NH2+]C3)(CC1)CC2. The summed E-state index contributed by atoms with van der Waals surface area (Å²) in [4.78, 5) is 4.43. The first-order valence-corrected chi connectivity index (χ1v) is 6.44. The average Bonchev–Trinajstić information content (AvgIpc) is 2.31. The Labute approximate surface area is 97.1 Å². The summed E-state index contributed by atoms with van der Waals surface area (Å²) in [5.74, 6) is 0.754. The van der Waals surface area contributed by atoms with E-state index in [1.54, 1.807) is 0 Å². The van der Waals surface area contributed by atoms with Gasteiger partial charge in [0.05, 0.1) is 7.05 Å². The maximum atomic E-state index is 5.73. The molecule has 0 saturated carbocycles. The largest absolute Gasteiger partial charge is 0.338 e. The summed E-state index contributed by atoms with van der Waals surface area (Å²) in [6, 6.07) is 0.710. The zero-order valence-electron chi connectivity index (χ0n) is 10.2. The normalized spacial score (nSPS) is 47.8. The van der Waals surface area contributed by atoms with Gasteiger partial charge in [-0.1, -0.05) is 0 Å². The highest BCUT2D eigenvalue weighted by atomic mass is 15.5. The van der Waals surface area contributed by atoms with E-state index in [1.807, 2.05) is 0 Å². The molecule has 4 rings (SSSR count). The van der Waals surface area contributed by atoms with Gasteiger partial charge in [0, 0.05) is 0 Å². The smallest absolute Gasteiger partial charge is 0.292 e. The predicted octanol–water partition coefficient (Wildman–Crippen LogP) is -2.46. The third-order valence-corrected chi connectivity index (χ3v) is 5.11. The van der Waals surface area contributed by atoms with Crippen LogP contribution in [0, 0.1) is 0 Å². The van der Waals surface area contributed by atoms with Crippen LogP contribution in [0.1, 0.15) is 0 Å². The van der Waals surface area contributed by atoms with Crippen LogP contribution < -0.4 is 11.1 Å². The second kappa shape index (κ2) is 3.42. The molecular formula is C11H24N5+3. The summed E-state index contributed by atoms with van der Waals surface area (Å²) in [5, 5.41) is 2.12. The van der Waals surface area contributed by atoms with E-state index in [0.29, 0.717) is 6.04 Å². The number of aliphatic imine (C=N–C) groups is 1. The number of fused-ring (bicyclic) bond motifs is 3. The molecule has 4 N–H and O–H groups in total. The Balaban J connectivity index is 1.75. The lowest BCUT2D eigenvalue weighted by atomic mass is 10.0. The molecule has 90 valence electrons. The van der Waals surface area contributed by atoms with Gasteiger partial charge in [0.15, 0.2) is 6.04 Å². The maximum absolute atomic E-state index is 5.73. The molecule has 5 nitrogen and oxygen atoms in total. The second-order valence-electron chi connectivity index (χ2n) is 6.04. The van der Waals surface area contributed by atoms with Crippen LogP contribution in [0.3, 0.4) is 0 Å². The van der Waals surface area contributed by atoms with E-state index in [0.717, 1.165) is 19.0 Å². The summed E-state index contributed by atoms with van der Waals surface area (Å²) < 4.78 is 2.63. The molecule has 1 unspecified atom stereocenters. The van der Waals surface area contributed by atoms with Crippen molar-refractivity contribution in [3.63, 3.8) is 0 Å². The molecule has 3 saturated heterocycles. The van der Waals surface area contributed by atoms with Gasteiger partial charge < -0.3 is 14.7 Å². The Morgan fingerprint density at radius 3 is 2.31 bits per heavy atom. The molecule has 3 fully saturated rings. The van der Waals surface area contributed by atoms with Crippen LogP contribution in [0.25, 0.3) is 0 Å². The minimum atomic E-state index is 0.710. The predicted molar refractivity (Wildman–Crippen MR) is 62.7 cm³/mol. The van der Waals surface area contributed by atoms with Crippen LogP contribution in [-0.4, -0.2) is 80.4 Å². The summed E-state index contributed by atoms with van der Waals surface area (Å²) >= 11 is 0. The Hall–Kier alpha value is -0.650. The molecule has 16 heavy (non-hydrogen) atoms. The summed E-state index contributed by atoms with van der Waals surface area (Å²) in [6.45, 7) is 10.2. The van der Waals surface area contributed by atoms with Gasteiger partial charge in [-0.3, -0.25) is 5.32 Å². The van der Waals surface area contributed by atoms with Crippen molar-refractivity contribution in [3.8, 4) is 0 Å². The molecule has 4 aliphatic rings. The monoisotopic (exact) mass is 226 g/mol. The highest BCUT2D eigenvalue weighted by Crippen LogP contribution is 2.27. The number of piperazine rings is 3. The molecule has 0 aromatic heterocycles. The van der Waals surface area contributed by atoms with Crippen LogP contribution >= 0.6 is 0 Å². The molecule has 2 bridgehead atoms. The van der Waals surface area contributed by atoms with Crippen molar-refractivity contribution in [2.45, 2.75) is 6.04 Å². The van der Waals surface area contributed by atoms with Crippen molar-refractivity contribution in [3.05, 3.63) is 0 Å². The molecule has 1 atom stereocenters. The van der Waals surface area contributed by atoms with Crippen LogP contribution in [0.5, 0.6) is 0 Å². The van der Waals surface area contributed by atoms with E-state index in [-0.39, 0.29) is 0 Å². The topological polar surface area (TPSA) is 55.0 Å². The first-order valence-electron chi connectivity index (χ1n) is 6.44. The van der Waals surface area contributed by atoms with E-state index >= 15 is 0 Å². The van der Waals surface area contributed by atoms with Gasteiger partial charge in [0.25, 0.3) is 5.96 Å². The minimum absolute atomic E-state index is 0.710. The van der Waals surface area contributed by atoms with Gasteiger partial charge >= 0.3 is 0 Å². The molecule has 4 heterocycles. The fourth-order valence-electron chi connectivity index (χ4n) is 3.54. The van der Waals surface area contributed by atoms with Crippen LogP contribution in [0.15, 0.2) is 4.99 Å². The Morgan fingerprint density at radius 1 is 1.19 bits per heavy atom. The number of rotatable bonds is 1. The highest BCUT2D eigenvalue weighted by molar-refractivity contribution is 5.67. The lowest BCUT2D eigenvalue weighted by Gasteiger charge is -2.56. The molecule has 0 spiro atoms. The summed E-state index contributed by atoms with van der Waals surface area (Å²) in [7, 11) is 2.41. The number of nitrogens with zero attached hydrogens (tertiary/aromatic N) is 3. The Bertz CT molecular complexity index is 300. The van der Waals surface area contributed by atoms with Crippen LogP contribution in [0.4, 0.5) is 0 Å². The number of guanidine groups is 1. The zero-order chi connectivity index (χ0) is 11.2. The number of hydrogen-bond donors (Lipinski definition) is 2. The van der Waals surface area contributed by atoms with Gasteiger partial charge in [-0.15, -0.1) is 0 Å². The Kier molecular flexibility index (Phi) is 2.24. The highest BCUT2D eigenvalue weighted by Gasteiger charge is 2.51. The van der Waals surface area contributed by atoms with Gasteiger partial charge in [-0.25, -0.2) is 4.99 Å². The Morgan fingerprint density at radius 2 is 1.81 bits per heavy atom. The van der Waals surface area contributed by atoms with E-state index < -0.39 is 0 Å². The van der Waals surface area contributed by atoms with Crippen molar-refractivity contribution < 1.29 is 14.3 Å². The molecule has 4 aliphatic heterocycles. The van der Waals surface area contributed by atoms with Crippen molar-refractivity contribution in [1.29, 1.82) is 0 Å². The first-order chi connectivity index (χ1) is 7.62. The van der Waals surface area contributed by atoms with Gasteiger partial charge in [-0.2, -0.15) is 0 Å². The number of likely N-dealkylation sites (N-methyl/N-ethyl adjacent to an activating group) is 1. The molecule has 0 aromatic rings. The maximum Gasteiger partial charge on any atom is 0.292 e. The molecule has 5 heteroatoms. The molecule has 0 radical (unpaired) electrons. The van der Waals surface area contributed by atoms with E-state index in [4.69, 9.17) is 5.73 Å². The summed E-state index contributed by atoms with van der Waals surface area (Å²) in [5.41, 5.74) is 5.73. The van der Waals surface area contributed by atoms with Crippen molar-refractivity contribution in [2.75, 3.05) is 59.4 Å². The van der Waals surface area contributed by atoms with Crippen LogP contribution in [0.2, 0.25) is 0 Å². The number of hydrogen-bond acceptors (Lipinski definition) is 2. The zero-order valence-corrected chi connectivity index (χ0v) is 10.2. The molecular weight excluding hydrogens is 202 g/mol. The number of nitrogens with two attached hydrogens (primary N) is 2. The molecule has 0 aliphatic carbocycles. The lowest BCUT2D eigenvalue weighted by Crippen LogP contribution is -2.96. The van der Waals surface area contributed by atoms with Gasteiger partial charge in [0.2, 0.25) is 0 Å². The van der Waals surface area contributed by atoms with Crippen LogP contribution in [-0.2, 0) is 0 Å². The first kappa shape index (κ1) is 10.5. The summed E-state index contributed by atoms with van der Waals surface area (Å²) in [6.07, 6.45) is 0. The van der Waals surface area contributed by atoms with Crippen molar-refractivity contribution in [2.24, 2.45) is 10.7 Å². The lowest BCUT2D eigenvalue weighted by molar-refractivity contribution is -1.09.